The molecule has 8 heteroatoms. The first kappa shape index (κ1) is 16.2. The summed E-state index contributed by atoms with van der Waals surface area (Å²) in [6.07, 6.45) is 1.73. The molecule has 2 heterocycles. The van der Waals surface area contributed by atoms with Crippen molar-refractivity contribution in [1.82, 2.24) is 15.0 Å². The minimum Gasteiger partial charge on any atom is -0.464 e. The van der Waals surface area contributed by atoms with Gasteiger partial charge in [0.15, 0.2) is 0 Å². The number of thiazole rings is 1. The molecule has 0 spiro atoms. The van der Waals surface area contributed by atoms with Crippen LogP contribution in [0.15, 0.2) is 21.6 Å². The van der Waals surface area contributed by atoms with E-state index in [2.05, 4.69) is 15.0 Å². The van der Waals surface area contributed by atoms with Gasteiger partial charge in [0.25, 0.3) is 0 Å². The van der Waals surface area contributed by atoms with E-state index in [1.54, 1.807) is 19.2 Å². The average molecular weight is 329 g/mol. The van der Waals surface area contributed by atoms with E-state index >= 15 is 0 Å². The van der Waals surface area contributed by atoms with Gasteiger partial charge in [0.2, 0.25) is 10.0 Å². The van der Waals surface area contributed by atoms with Crippen molar-refractivity contribution in [2.24, 2.45) is 0 Å². The van der Waals surface area contributed by atoms with Crippen LogP contribution in [0.1, 0.15) is 28.3 Å². The summed E-state index contributed by atoms with van der Waals surface area (Å²) in [7, 11) is -3.59. The van der Waals surface area contributed by atoms with Crippen LogP contribution >= 0.6 is 11.3 Å². The topological polar surface area (TPSA) is 84.2 Å². The number of hydrogen-bond donors (Lipinski definition) is 2. The molecule has 0 amide bonds. The lowest BCUT2D eigenvalue weighted by Crippen LogP contribution is -2.23. The van der Waals surface area contributed by atoms with Gasteiger partial charge in [-0.2, -0.15) is 0 Å². The van der Waals surface area contributed by atoms with E-state index in [1.165, 1.54) is 11.3 Å². The zero-order chi connectivity index (χ0) is 15.5. The molecule has 0 atom stereocenters. The Morgan fingerprint density at radius 2 is 2.10 bits per heavy atom. The van der Waals surface area contributed by atoms with Crippen molar-refractivity contribution in [3.63, 3.8) is 0 Å². The molecular weight excluding hydrogens is 310 g/mol. The SMILES string of the molecule is CCNCc1cc(S(=O)(=O)NCc2ncc(C)s2)c(C)o1. The maximum absolute atomic E-state index is 12.3. The smallest absolute Gasteiger partial charge is 0.244 e. The minimum absolute atomic E-state index is 0.184. The van der Waals surface area contributed by atoms with Gasteiger partial charge >= 0.3 is 0 Å². The van der Waals surface area contributed by atoms with Crippen molar-refractivity contribution in [2.45, 2.75) is 38.8 Å². The fraction of sp³-hybridized carbons (Fsp3) is 0.462. The van der Waals surface area contributed by atoms with Crippen LogP contribution in [0.3, 0.4) is 0 Å². The fourth-order valence-corrected chi connectivity index (χ4v) is 3.85. The van der Waals surface area contributed by atoms with Gasteiger partial charge in [0, 0.05) is 17.1 Å². The van der Waals surface area contributed by atoms with E-state index in [1.807, 2.05) is 13.8 Å². The van der Waals surface area contributed by atoms with Gasteiger partial charge in [0.05, 0.1) is 13.1 Å². The first-order chi connectivity index (χ1) is 9.92. The van der Waals surface area contributed by atoms with Crippen LogP contribution in [0.25, 0.3) is 0 Å². The predicted octanol–water partition coefficient (Wildman–Crippen LogP) is 1.94. The molecule has 0 aliphatic carbocycles. The number of aromatic nitrogens is 1. The Labute approximate surface area is 128 Å². The van der Waals surface area contributed by atoms with Crippen molar-refractivity contribution >= 4 is 21.4 Å². The number of furan rings is 1. The molecule has 2 aromatic rings. The Morgan fingerprint density at radius 1 is 1.33 bits per heavy atom. The van der Waals surface area contributed by atoms with Crippen LogP contribution in [0, 0.1) is 13.8 Å². The number of nitrogens with zero attached hydrogens (tertiary/aromatic N) is 1. The Kier molecular flexibility index (Phi) is 5.15. The second-order valence-electron chi connectivity index (χ2n) is 4.60. The summed E-state index contributed by atoms with van der Waals surface area (Å²) in [6.45, 7) is 7.06. The van der Waals surface area contributed by atoms with Crippen LogP contribution in [0.5, 0.6) is 0 Å². The number of hydrogen-bond acceptors (Lipinski definition) is 6. The molecule has 0 unspecified atom stereocenters. The molecule has 21 heavy (non-hydrogen) atoms. The van der Waals surface area contributed by atoms with Gasteiger partial charge in [-0.25, -0.2) is 18.1 Å². The molecule has 2 N–H and O–H groups in total. The second-order valence-corrected chi connectivity index (χ2v) is 7.66. The first-order valence-corrected chi connectivity index (χ1v) is 8.93. The highest BCUT2D eigenvalue weighted by Crippen LogP contribution is 2.20. The summed E-state index contributed by atoms with van der Waals surface area (Å²) >= 11 is 1.47. The Hall–Kier alpha value is -1.22. The van der Waals surface area contributed by atoms with Crippen LogP contribution in [0.4, 0.5) is 0 Å². The number of aryl methyl sites for hydroxylation is 2. The van der Waals surface area contributed by atoms with E-state index in [9.17, 15) is 8.42 Å². The van der Waals surface area contributed by atoms with E-state index in [-0.39, 0.29) is 11.4 Å². The molecule has 0 aromatic carbocycles. The second kappa shape index (κ2) is 6.69. The zero-order valence-electron chi connectivity index (χ0n) is 12.3. The van der Waals surface area contributed by atoms with E-state index < -0.39 is 10.0 Å². The third kappa shape index (κ3) is 4.13. The van der Waals surface area contributed by atoms with E-state index in [0.717, 1.165) is 16.4 Å². The Bertz CT molecular complexity index is 704. The maximum atomic E-state index is 12.3. The quantitative estimate of drug-likeness (QED) is 0.811. The standard InChI is InChI=1S/C13H19N3O3S2/c1-4-14-7-11-5-12(10(3)19-11)21(17,18)16-8-13-15-6-9(2)20-13/h5-6,14,16H,4,7-8H2,1-3H3. The first-order valence-electron chi connectivity index (χ1n) is 6.63. The highest BCUT2D eigenvalue weighted by atomic mass is 32.2. The lowest BCUT2D eigenvalue weighted by Gasteiger charge is -2.03. The summed E-state index contributed by atoms with van der Waals surface area (Å²) in [6, 6.07) is 1.56. The number of nitrogens with one attached hydrogen (secondary N) is 2. The largest absolute Gasteiger partial charge is 0.464 e. The molecule has 0 saturated carbocycles. The lowest BCUT2D eigenvalue weighted by atomic mass is 10.4. The molecule has 0 bridgehead atoms. The van der Waals surface area contributed by atoms with E-state index in [4.69, 9.17) is 4.42 Å². The molecule has 0 radical (unpaired) electrons. The Balaban J connectivity index is 2.09. The van der Waals surface area contributed by atoms with Gasteiger partial charge in [0.1, 0.15) is 21.4 Å². The van der Waals surface area contributed by atoms with Crippen molar-refractivity contribution in [2.75, 3.05) is 6.54 Å². The number of rotatable bonds is 7. The van der Waals surface area contributed by atoms with Crippen LogP contribution in [0.2, 0.25) is 0 Å². The van der Waals surface area contributed by atoms with Crippen LogP contribution < -0.4 is 10.0 Å². The minimum atomic E-state index is -3.59. The molecule has 0 fully saturated rings. The summed E-state index contributed by atoms with van der Waals surface area (Å²) in [5.41, 5.74) is 0. The normalized spacial score (nSPS) is 12.0. The summed E-state index contributed by atoms with van der Waals surface area (Å²) < 4.78 is 32.6. The monoisotopic (exact) mass is 329 g/mol. The van der Waals surface area contributed by atoms with Crippen molar-refractivity contribution in [3.8, 4) is 0 Å². The molecule has 2 aromatic heterocycles. The molecule has 0 aliphatic rings. The van der Waals surface area contributed by atoms with Gasteiger partial charge in [-0.15, -0.1) is 11.3 Å². The summed E-state index contributed by atoms with van der Waals surface area (Å²) in [5.74, 6) is 1.01. The van der Waals surface area contributed by atoms with E-state index in [0.29, 0.717) is 18.1 Å². The lowest BCUT2D eigenvalue weighted by molar-refractivity contribution is 0.460. The van der Waals surface area contributed by atoms with Gasteiger partial charge in [-0.05, 0) is 20.4 Å². The molecular formula is C13H19N3O3S2. The third-order valence-corrected chi connectivity index (χ3v) is 5.27. The van der Waals surface area contributed by atoms with Gasteiger partial charge in [-0.1, -0.05) is 6.92 Å². The maximum Gasteiger partial charge on any atom is 0.244 e. The van der Waals surface area contributed by atoms with Crippen LogP contribution in [-0.2, 0) is 23.1 Å². The molecule has 6 nitrogen and oxygen atoms in total. The summed E-state index contributed by atoms with van der Waals surface area (Å²) in [5, 5.41) is 3.84. The highest BCUT2D eigenvalue weighted by molar-refractivity contribution is 7.89. The van der Waals surface area contributed by atoms with Crippen molar-refractivity contribution in [1.29, 1.82) is 0 Å². The fourth-order valence-electron chi connectivity index (χ4n) is 1.84. The third-order valence-electron chi connectivity index (χ3n) is 2.84. The summed E-state index contributed by atoms with van der Waals surface area (Å²) in [4.78, 5) is 5.38. The molecule has 2 rings (SSSR count). The number of sulfonamides is 1. The molecule has 116 valence electrons. The zero-order valence-corrected chi connectivity index (χ0v) is 13.9. The molecule has 0 saturated heterocycles. The predicted molar refractivity (Wildman–Crippen MR) is 81.7 cm³/mol. The van der Waals surface area contributed by atoms with Crippen molar-refractivity contribution < 1.29 is 12.8 Å². The average Bonchev–Trinajstić information content (AvgIpc) is 3.00. The van der Waals surface area contributed by atoms with Crippen LogP contribution in [-0.4, -0.2) is 19.9 Å². The van der Waals surface area contributed by atoms with Gasteiger partial charge < -0.3 is 9.73 Å². The molecule has 0 aliphatic heterocycles. The highest BCUT2D eigenvalue weighted by Gasteiger charge is 2.21. The van der Waals surface area contributed by atoms with Gasteiger partial charge in [-0.3, -0.25) is 0 Å². The van der Waals surface area contributed by atoms with Crippen molar-refractivity contribution in [3.05, 3.63) is 33.7 Å². The Morgan fingerprint density at radius 3 is 2.71 bits per heavy atom.